The minimum atomic E-state index is -3.42. The van der Waals surface area contributed by atoms with E-state index in [9.17, 15) is 8.42 Å². The maximum absolute atomic E-state index is 12.0. The summed E-state index contributed by atoms with van der Waals surface area (Å²) in [6, 6.07) is 0. The van der Waals surface area contributed by atoms with E-state index in [2.05, 4.69) is 21.6 Å². The average Bonchev–Trinajstić information content (AvgIpc) is 2.76. The standard InChI is InChI=1S/C13H23N3O2S/c1-10-4-3-5-12(8-10)6-7-15-19(17,18)13-9-14-11(2)16-13/h9-10,12,15H,3-8H2,1-2H3,(H,14,16). The SMILES string of the molecule is Cc1ncc(S(=O)(=O)NCCC2CCCC(C)C2)[nH]1. The van der Waals surface area contributed by atoms with Gasteiger partial charge in [0.15, 0.2) is 5.03 Å². The minimum absolute atomic E-state index is 0.155. The van der Waals surface area contributed by atoms with Crippen molar-refractivity contribution < 1.29 is 8.42 Å². The van der Waals surface area contributed by atoms with Gasteiger partial charge in [-0.1, -0.05) is 26.2 Å². The van der Waals surface area contributed by atoms with Crippen LogP contribution < -0.4 is 4.72 Å². The van der Waals surface area contributed by atoms with Gasteiger partial charge in [-0.15, -0.1) is 0 Å². The minimum Gasteiger partial charge on any atom is -0.332 e. The summed E-state index contributed by atoms with van der Waals surface area (Å²) in [5.74, 6) is 2.06. The maximum Gasteiger partial charge on any atom is 0.257 e. The number of nitrogens with one attached hydrogen (secondary N) is 2. The summed E-state index contributed by atoms with van der Waals surface area (Å²) in [5.41, 5.74) is 0. The van der Waals surface area contributed by atoms with Crippen LogP contribution in [0.1, 0.15) is 44.9 Å². The molecule has 0 bridgehead atoms. The van der Waals surface area contributed by atoms with E-state index >= 15 is 0 Å². The molecule has 1 saturated carbocycles. The van der Waals surface area contributed by atoms with Crippen molar-refractivity contribution in [3.63, 3.8) is 0 Å². The molecule has 2 unspecified atom stereocenters. The van der Waals surface area contributed by atoms with Gasteiger partial charge in [-0.05, 0) is 31.6 Å². The topological polar surface area (TPSA) is 74.8 Å². The molecule has 0 radical (unpaired) electrons. The predicted octanol–water partition coefficient (Wildman–Crippen LogP) is 2.21. The highest BCUT2D eigenvalue weighted by molar-refractivity contribution is 7.89. The van der Waals surface area contributed by atoms with Crippen molar-refractivity contribution in [3.05, 3.63) is 12.0 Å². The zero-order valence-electron chi connectivity index (χ0n) is 11.6. The summed E-state index contributed by atoms with van der Waals surface area (Å²) in [6.45, 7) is 4.53. The molecule has 2 rings (SSSR count). The van der Waals surface area contributed by atoms with E-state index in [0.29, 0.717) is 18.3 Å². The third kappa shape index (κ3) is 4.04. The van der Waals surface area contributed by atoms with Crippen molar-refractivity contribution in [2.24, 2.45) is 11.8 Å². The molecular formula is C13H23N3O2S. The lowest BCUT2D eigenvalue weighted by Gasteiger charge is -2.26. The first-order valence-corrected chi connectivity index (χ1v) is 8.47. The second-order valence-corrected chi connectivity index (χ2v) is 7.39. The van der Waals surface area contributed by atoms with E-state index in [1.54, 1.807) is 6.92 Å². The van der Waals surface area contributed by atoms with Crippen molar-refractivity contribution in [3.8, 4) is 0 Å². The van der Waals surface area contributed by atoms with E-state index < -0.39 is 10.0 Å². The number of aromatic amines is 1. The second kappa shape index (κ2) is 6.05. The fraction of sp³-hybridized carbons (Fsp3) is 0.769. The van der Waals surface area contributed by atoms with Crippen LogP contribution in [0.15, 0.2) is 11.2 Å². The highest BCUT2D eigenvalue weighted by atomic mass is 32.2. The average molecular weight is 285 g/mol. The fourth-order valence-corrected chi connectivity index (χ4v) is 3.85. The van der Waals surface area contributed by atoms with Gasteiger partial charge in [0.2, 0.25) is 0 Å². The highest BCUT2D eigenvalue weighted by Gasteiger charge is 2.20. The number of nitrogens with zero attached hydrogens (tertiary/aromatic N) is 1. The van der Waals surface area contributed by atoms with Gasteiger partial charge in [0.25, 0.3) is 10.0 Å². The molecule has 0 aromatic carbocycles. The number of sulfonamides is 1. The molecule has 1 aliphatic carbocycles. The van der Waals surface area contributed by atoms with Gasteiger partial charge in [-0.3, -0.25) is 0 Å². The molecule has 1 aromatic rings. The summed E-state index contributed by atoms with van der Waals surface area (Å²) < 4.78 is 26.6. The van der Waals surface area contributed by atoms with Crippen LogP contribution in [0.3, 0.4) is 0 Å². The van der Waals surface area contributed by atoms with Gasteiger partial charge < -0.3 is 4.98 Å². The number of aromatic nitrogens is 2. The first-order valence-electron chi connectivity index (χ1n) is 6.98. The maximum atomic E-state index is 12.0. The van der Waals surface area contributed by atoms with Crippen molar-refractivity contribution in [2.75, 3.05) is 6.54 Å². The van der Waals surface area contributed by atoms with E-state index in [0.717, 1.165) is 12.3 Å². The van der Waals surface area contributed by atoms with Gasteiger partial charge >= 0.3 is 0 Å². The first-order chi connectivity index (χ1) is 8.97. The summed E-state index contributed by atoms with van der Waals surface area (Å²) in [7, 11) is -3.42. The van der Waals surface area contributed by atoms with Crippen LogP contribution in [0.4, 0.5) is 0 Å². The van der Waals surface area contributed by atoms with Crippen molar-refractivity contribution in [1.29, 1.82) is 0 Å². The second-order valence-electron chi connectivity index (χ2n) is 5.66. The Kier molecular flexibility index (Phi) is 4.62. The third-order valence-corrected chi connectivity index (χ3v) is 5.23. The molecule has 5 nitrogen and oxygen atoms in total. The molecule has 0 aliphatic heterocycles. The molecule has 2 atom stereocenters. The number of hydrogen-bond acceptors (Lipinski definition) is 3. The largest absolute Gasteiger partial charge is 0.332 e. The van der Waals surface area contributed by atoms with E-state index in [4.69, 9.17) is 0 Å². The van der Waals surface area contributed by atoms with Crippen LogP contribution in [-0.4, -0.2) is 24.9 Å². The Morgan fingerprint density at radius 2 is 2.26 bits per heavy atom. The predicted molar refractivity (Wildman–Crippen MR) is 74.3 cm³/mol. The molecule has 19 heavy (non-hydrogen) atoms. The lowest BCUT2D eigenvalue weighted by Crippen LogP contribution is -2.27. The van der Waals surface area contributed by atoms with Crippen LogP contribution >= 0.6 is 0 Å². The number of H-pyrrole nitrogens is 1. The number of rotatable bonds is 5. The molecule has 1 aliphatic rings. The Bertz CT molecular complexity index is 510. The molecule has 0 spiro atoms. The number of aryl methyl sites for hydroxylation is 1. The van der Waals surface area contributed by atoms with E-state index in [-0.39, 0.29) is 5.03 Å². The first kappa shape index (κ1) is 14.5. The molecule has 2 N–H and O–H groups in total. The lowest BCUT2D eigenvalue weighted by atomic mass is 9.81. The number of hydrogen-bond donors (Lipinski definition) is 2. The van der Waals surface area contributed by atoms with Gasteiger partial charge in [0.05, 0.1) is 6.20 Å². The van der Waals surface area contributed by atoms with E-state index in [1.165, 1.54) is 31.9 Å². The highest BCUT2D eigenvalue weighted by Crippen LogP contribution is 2.30. The molecule has 0 saturated heterocycles. The molecule has 1 fully saturated rings. The summed E-state index contributed by atoms with van der Waals surface area (Å²) in [4.78, 5) is 6.67. The molecule has 108 valence electrons. The van der Waals surface area contributed by atoms with Gasteiger partial charge in [-0.25, -0.2) is 18.1 Å². The summed E-state index contributed by atoms with van der Waals surface area (Å²) in [5, 5.41) is 0.155. The Labute approximate surface area is 115 Å². The van der Waals surface area contributed by atoms with Crippen LogP contribution in [0.5, 0.6) is 0 Å². The Balaban J connectivity index is 1.82. The Morgan fingerprint density at radius 1 is 1.47 bits per heavy atom. The van der Waals surface area contributed by atoms with E-state index in [1.807, 2.05) is 0 Å². The van der Waals surface area contributed by atoms with Gasteiger partial charge in [0.1, 0.15) is 5.82 Å². The quantitative estimate of drug-likeness (QED) is 0.871. The summed E-state index contributed by atoms with van der Waals surface area (Å²) >= 11 is 0. The normalized spacial score (nSPS) is 24.5. The van der Waals surface area contributed by atoms with Gasteiger partial charge in [0, 0.05) is 6.54 Å². The van der Waals surface area contributed by atoms with Crippen molar-refractivity contribution in [1.82, 2.24) is 14.7 Å². The number of imidazole rings is 1. The molecular weight excluding hydrogens is 262 g/mol. The zero-order chi connectivity index (χ0) is 13.9. The molecule has 1 aromatic heterocycles. The lowest BCUT2D eigenvalue weighted by molar-refractivity contribution is 0.271. The molecule has 1 heterocycles. The zero-order valence-corrected chi connectivity index (χ0v) is 12.5. The Morgan fingerprint density at radius 3 is 2.89 bits per heavy atom. The third-order valence-electron chi connectivity index (χ3n) is 3.86. The van der Waals surface area contributed by atoms with Crippen molar-refractivity contribution >= 4 is 10.0 Å². The molecule has 0 amide bonds. The van der Waals surface area contributed by atoms with Crippen LogP contribution in [0, 0.1) is 18.8 Å². The van der Waals surface area contributed by atoms with Crippen molar-refractivity contribution in [2.45, 2.75) is 51.0 Å². The smallest absolute Gasteiger partial charge is 0.257 e. The van der Waals surface area contributed by atoms with Crippen LogP contribution in [0.25, 0.3) is 0 Å². The Hall–Kier alpha value is -0.880. The monoisotopic (exact) mass is 285 g/mol. The molecule has 6 heteroatoms. The summed E-state index contributed by atoms with van der Waals surface area (Å²) in [6.07, 6.45) is 7.34. The fourth-order valence-electron chi connectivity index (χ4n) is 2.83. The van der Waals surface area contributed by atoms with Gasteiger partial charge in [-0.2, -0.15) is 0 Å². The van der Waals surface area contributed by atoms with Crippen LogP contribution in [-0.2, 0) is 10.0 Å². The van der Waals surface area contributed by atoms with Crippen LogP contribution in [0.2, 0.25) is 0 Å².